The van der Waals surface area contributed by atoms with Crippen molar-refractivity contribution in [1.29, 1.82) is 0 Å². The zero-order valence-corrected chi connectivity index (χ0v) is 23.4. The molecule has 0 aliphatic heterocycles. The van der Waals surface area contributed by atoms with Crippen LogP contribution in [-0.4, -0.2) is 0 Å². The number of hydrogen-bond acceptors (Lipinski definition) is 0. The average molecular weight is 463 g/mol. The lowest BCUT2D eigenvalue weighted by atomic mass is 9.78. The van der Waals surface area contributed by atoms with E-state index in [9.17, 15) is 0 Å². The minimum atomic E-state index is 0.0708. The van der Waals surface area contributed by atoms with E-state index in [0.29, 0.717) is 0 Å². The number of aryl methyl sites for hydroxylation is 6. The molecule has 182 valence electrons. The first-order valence-corrected chi connectivity index (χ1v) is 12.7. The van der Waals surface area contributed by atoms with Crippen molar-refractivity contribution >= 4 is 0 Å². The van der Waals surface area contributed by atoms with Crippen LogP contribution in [0, 0.1) is 55.4 Å². The van der Waals surface area contributed by atoms with Crippen molar-refractivity contribution in [2.75, 3.05) is 0 Å². The van der Waals surface area contributed by atoms with Crippen LogP contribution in [0.25, 0.3) is 11.1 Å². The van der Waals surface area contributed by atoms with Crippen LogP contribution in [0.4, 0.5) is 0 Å². The first kappa shape index (κ1) is 26.5. The predicted octanol–water partition coefficient (Wildman–Crippen LogP) is 9.83. The van der Waals surface area contributed by atoms with E-state index >= 15 is 0 Å². The van der Waals surface area contributed by atoms with E-state index < -0.39 is 0 Å². The Balaban J connectivity index is 0.000000196. The van der Waals surface area contributed by atoms with E-state index in [1.54, 1.807) is 0 Å². The van der Waals surface area contributed by atoms with Gasteiger partial charge >= 0.3 is 0 Å². The topological polar surface area (TPSA) is 0 Å². The van der Waals surface area contributed by atoms with Crippen molar-refractivity contribution in [3.05, 3.63) is 128 Å². The van der Waals surface area contributed by atoms with Gasteiger partial charge in [-0.15, -0.1) is 0 Å². The Hall–Kier alpha value is -3.12. The molecule has 0 saturated heterocycles. The van der Waals surface area contributed by atoms with Crippen LogP contribution >= 0.6 is 0 Å². The van der Waals surface area contributed by atoms with Gasteiger partial charge in [-0.2, -0.15) is 0 Å². The molecule has 0 spiro atoms. The van der Waals surface area contributed by atoms with Crippen molar-refractivity contribution in [2.24, 2.45) is 0 Å². The largest absolute Gasteiger partial charge is 0.0590 e. The third-order valence-corrected chi connectivity index (χ3v) is 7.73. The Morgan fingerprint density at radius 2 is 0.657 bits per heavy atom. The number of hydrogen-bond donors (Lipinski definition) is 0. The molecule has 4 aromatic rings. The second-order valence-electron chi connectivity index (χ2n) is 10.8. The maximum Gasteiger partial charge on any atom is 0.0146 e. The summed E-state index contributed by atoms with van der Waals surface area (Å²) in [4.78, 5) is 0. The molecule has 4 rings (SSSR count). The normalized spacial score (nSPS) is 11.1. The summed E-state index contributed by atoms with van der Waals surface area (Å²) in [6.45, 7) is 22.0. The number of rotatable bonds is 3. The molecular weight excluding hydrogens is 420 g/mol. The lowest BCUT2D eigenvalue weighted by molar-refractivity contribution is 0.640. The van der Waals surface area contributed by atoms with E-state index in [2.05, 4.69) is 142 Å². The van der Waals surface area contributed by atoms with Gasteiger partial charge in [0.05, 0.1) is 0 Å². The molecule has 35 heavy (non-hydrogen) atoms. The molecule has 0 nitrogen and oxygen atoms in total. The average Bonchev–Trinajstić information content (AvgIpc) is 2.81. The van der Waals surface area contributed by atoms with Crippen LogP contribution in [0.15, 0.2) is 72.8 Å². The Labute approximate surface area is 214 Å². The molecule has 0 aromatic heterocycles. The highest BCUT2D eigenvalue weighted by Gasteiger charge is 2.22. The highest BCUT2D eigenvalue weighted by molar-refractivity contribution is 5.68. The molecule has 0 N–H and O–H groups in total. The fourth-order valence-electron chi connectivity index (χ4n) is 4.51. The molecule has 0 aliphatic rings. The van der Waals surface area contributed by atoms with Crippen LogP contribution in [0.5, 0.6) is 0 Å². The highest BCUT2D eigenvalue weighted by atomic mass is 14.3. The van der Waals surface area contributed by atoms with Gasteiger partial charge in [-0.25, -0.2) is 0 Å². The summed E-state index contributed by atoms with van der Waals surface area (Å²) in [5.41, 5.74) is 16.4. The maximum absolute atomic E-state index is 2.30. The second kappa shape index (κ2) is 10.6. The predicted molar refractivity (Wildman–Crippen MR) is 155 cm³/mol. The Bertz CT molecular complexity index is 1150. The molecule has 0 heteroatoms. The third kappa shape index (κ3) is 6.12. The number of benzene rings is 4. The Morgan fingerprint density at radius 3 is 0.914 bits per heavy atom. The monoisotopic (exact) mass is 462 g/mol. The summed E-state index contributed by atoms with van der Waals surface area (Å²) in [5.74, 6) is 0. The van der Waals surface area contributed by atoms with Crippen molar-refractivity contribution in [3.63, 3.8) is 0 Å². The van der Waals surface area contributed by atoms with Crippen molar-refractivity contribution in [1.82, 2.24) is 0 Å². The lowest BCUT2D eigenvalue weighted by Crippen LogP contribution is -2.18. The summed E-state index contributed by atoms with van der Waals surface area (Å²) in [7, 11) is 0. The zero-order valence-electron chi connectivity index (χ0n) is 23.4. The SMILES string of the molecule is Cc1cc(-c2cc(C)c(C)c(C)c2)cc(C)c1C.Cc1ccc(C(C)(C)c2ccc(C)cc2)cc1. The molecule has 0 radical (unpaired) electrons. The molecule has 0 unspecified atom stereocenters. The van der Waals surface area contributed by atoms with Crippen LogP contribution in [0.2, 0.25) is 0 Å². The van der Waals surface area contributed by atoms with E-state index in [1.165, 1.54) is 66.8 Å². The standard InChI is InChI=1S/C18H22.C17H20/c1-11-7-17(8-12(2)15(11)5)18-9-13(3)16(6)14(4)10-18;1-13-5-9-15(10-6-13)17(3,4)16-11-7-14(2)8-12-16/h7-10H,1-6H3;5-12H,1-4H3. The van der Waals surface area contributed by atoms with E-state index in [1.807, 2.05) is 0 Å². The fourth-order valence-corrected chi connectivity index (χ4v) is 4.51. The molecule has 0 fully saturated rings. The van der Waals surface area contributed by atoms with Gasteiger partial charge in [0.15, 0.2) is 0 Å². The van der Waals surface area contributed by atoms with Crippen LogP contribution in [-0.2, 0) is 5.41 Å². The van der Waals surface area contributed by atoms with Gasteiger partial charge in [-0.05, 0) is 111 Å². The molecular formula is C35H42. The summed E-state index contributed by atoms with van der Waals surface area (Å²) >= 11 is 0. The van der Waals surface area contributed by atoms with E-state index in [0.717, 1.165) is 0 Å². The van der Waals surface area contributed by atoms with Crippen LogP contribution in [0.1, 0.15) is 69.5 Å². The third-order valence-electron chi connectivity index (χ3n) is 7.73. The van der Waals surface area contributed by atoms with E-state index in [4.69, 9.17) is 0 Å². The molecule has 0 atom stereocenters. The summed E-state index contributed by atoms with van der Waals surface area (Å²) in [5, 5.41) is 0. The summed E-state index contributed by atoms with van der Waals surface area (Å²) < 4.78 is 0. The van der Waals surface area contributed by atoms with Crippen molar-refractivity contribution < 1.29 is 0 Å². The van der Waals surface area contributed by atoms with Crippen LogP contribution in [0.3, 0.4) is 0 Å². The van der Waals surface area contributed by atoms with Crippen molar-refractivity contribution in [2.45, 2.75) is 74.7 Å². The first-order valence-electron chi connectivity index (χ1n) is 12.7. The smallest absolute Gasteiger partial charge is 0.0146 e. The van der Waals surface area contributed by atoms with Gasteiger partial charge in [-0.3, -0.25) is 0 Å². The van der Waals surface area contributed by atoms with Gasteiger partial charge in [-0.1, -0.05) is 97.8 Å². The lowest BCUT2D eigenvalue weighted by Gasteiger charge is -2.26. The van der Waals surface area contributed by atoms with Gasteiger partial charge < -0.3 is 0 Å². The molecule has 0 bridgehead atoms. The van der Waals surface area contributed by atoms with Crippen molar-refractivity contribution in [3.8, 4) is 11.1 Å². The second-order valence-corrected chi connectivity index (χ2v) is 10.8. The molecule has 4 aromatic carbocycles. The van der Waals surface area contributed by atoms with Gasteiger partial charge in [0.2, 0.25) is 0 Å². The molecule has 0 aliphatic carbocycles. The van der Waals surface area contributed by atoms with E-state index in [-0.39, 0.29) is 5.41 Å². The minimum absolute atomic E-state index is 0.0708. The zero-order chi connectivity index (χ0) is 25.9. The van der Waals surface area contributed by atoms with Crippen LogP contribution < -0.4 is 0 Å². The highest BCUT2D eigenvalue weighted by Crippen LogP contribution is 2.31. The quantitative estimate of drug-likeness (QED) is 0.284. The Kier molecular flexibility index (Phi) is 8.06. The summed E-state index contributed by atoms with van der Waals surface area (Å²) in [6.07, 6.45) is 0. The Morgan fingerprint density at radius 1 is 0.400 bits per heavy atom. The fraction of sp³-hybridized carbons (Fsp3) is 0.314. The molecule has 0 heterocycles. The minimum Gasteiger partial charge on any atom is -0.0590 e. The molecule has 0 amide bonds. The first-order chi connectivity index (χ1) is 16.4. The maximum atomic E-state index is 2.30. The van der Waals surface area contributed by atoms with Gasteiger partial charge in [0.25, 0.3) is 0 Å². The summed E-state index contributed by atoms with van der Waals surface area (Å²) in [6, 6.07) is 26.9. The van der Waals surface area contributed by atoms with Gasteiger partial charge in [0.1, 0.15) is 0 Å². The van der Waals surface area contributed by atoms with Gasteiger partial charge in [0, 0.05) is 5.41 Å². The molecule has 0 saturated carbocycles.